The summed E-state index contributed by atoms with van der Waals surface area (Å²) in [6.07, 6.45) is -2.96. The predicted octanol–water partition coefficient (Wildman–Crippen LogP) is 1.11. The second-order valence-corrected chi connectivity index (χ2v) is 3.68. The summed E-state index contributed by atoms with van der Waals surface area (Å²) >= 11 is 0.959. The van der Waals surface area contributed by atoms with Gasteiger partial charge in [-0.25, -0.2) is 0 Å². The zero-order valence-corrected chi connectivity index (χ0v) is 8.56. The van der Waals surface area contributed by atoms with E-state index in [1.54, 1.807) is 0 Å². The van der Waals surface area contributed by atoms with Crippen molar-refractivity contribution in [3.05, 3.63) is 23.8 Å². The van der Waals surface area contributed by atoms with E-state index < -0.39 is 18.9 Å². The molecule has 7 heteroatoms. The standard InChI is InChI=1S/C8H8BF3O2S/c1-15-7-3-2-5(9(13)14)4-6(7)8(10,11)12/h2-4,13-14H,1H3. The molecule has 82 valence electrons. The molecule has 0 aliphatic rings. The van der Waals surface area contributed by atoms with Crippen LogP contribution in [-0.4, -0.2) is 23.4 Å². The van der Waals surface area contributed by atoms with E-state index in [2.05, 4.69) is 0 Å². The molecule has 1 rings (SSSR count). The lowest BCUT2D eigenvalue weighted by atomic mass is 9.79. The van der Waals surface area contributed by atoms with E-state index in [-0.39, 0.29) is 10.4 Å². The van der Waals surface area contributed by atoms with Crippen LogP contribution in [0.5, 0.6) is 0 Å². The molecule has 0 fully saturated rings. The van der Waals surface area contributed by atoms with E-state index in [1.165, 1.54) is 18.4 Å². The first-order chi connectivity index (χ1) is 6.86. The highest BCUT2D eigenvalue weighted by atomic mass is 32.2. The molecule has 2 nitrogen and oxygen atoms in total. The second-order valence-electron chi connectivity index (χ2n) is 2.83. The molecule has 0 radical (unpaired) electrons. The van der Waals surface area contributed by atoms with Crippen molar-refractivity contribution in [2.45, 2.75) is 11.1 Å². The second kappa shape index (κ2) is 4.46. The molecule has 1 aromatic carbocycles. The van der Waals surface area contributed by atoms with Crippen LogP contribution in [0.25, 0.3) is 0 Å². The monoisotopic (exact) mass is 236 g/mol. The summed E-state index contributed by atoms with van der Waals surface area (Å²) < 4.78 is 37.5. The van der Waals surface area contributed by atoms with Crippen molar-refractivity contribution < 1.29 is 23.2 Å². The molecule has 2 N–H and O–H groups in total. The largest absolute Gasteiger partial charge is 0.488 e. The maximum absolute atomic E-state index is 12.5. The number of alkyl halides is 3. The van der Waals surface area contributed by atoms with Crippen LogP contribution in [0.3, 0.4) is 0 Å². The quantitative estimate of drug-likeness (QED) is 0.596. The van der Waals surface area contributed by atoms with E-state index in [4.69, 9.17) is 10.0 Å². The summed E-state index contributed by atoms with van der Waals surface area (Å²) in [7, 11) is -1.89. The van der Waals surface area contributed by atoms with Gasteiger partial charge in [0.05, 0.1) is 5.56 Å². The molecule has 15 heavy (non-hydrogen) atoms. The van der Waals surface area contributed by atoms with Crippen molar-refractivity contribution in [1.82, 2.24) is 0 Å². The molecule has 0 atom stereocenters. The van der Waals surface area contributed by atoms with E-state index in [9.17, 15) is 13.2 Å². The molecule has 0 bridgehead atoms. The number of thioether (sulfide) groups is 1. The van der Waals surface area contributed by atoms with Crippen molar-refractivity contribution >= 4 is 24.3 Å². The van der Waals surface area contributed by atoms with Crippen LogP contribution in [0.2, 0.25) is 0 Å². The Morgan fingerprint density at radius 1 is 1.27 bits per heavy atom. The Morgan fingerprint density at radius 3 is 2.27 bits per heavy atom. The Morgan fingerprint density at radius 2 is 1.87 bits per heavy atom. The van der Waals surface area contributed by atoms with E-state index in [1.807, 2.05) is 0 Å². The van der Waals surface area contributed by atoms with Crippen LogP contribution in [0.15, 0.2) is 23.1 Å². The maximum atomic E-state index is 12.5. The van der Waals surface area contributed by atoms with Gasteiger partial charge in [0.15, 0.2) is 0 Å². The first kappa shape index (κ1) is 12.4. The number of halogens is 3. The molecule has 0 spiro atoms. The van der Waals surface area contributed by atoms with Gasteiger partial charge in [-0.15, -0.1) is 11.8 Å². The smallest absolute Gasteiger partial charge is 0.423 e. The summed E-state index contributed by atoms with van der Waals surface area (Å²) in [6, 6.07) is 3.23. The minimum absolute atomic E-state index is 0.0619. The van der Waals surface area contributed by atoms with E-state index in [0.717, 1.165) is 17.8 Å². The molecule has 0 heterocycles. The molecule has 0 aliphatic heterocycles. The SMILES string of the molecule is CSc1ccc(B(O)O)cc1C(F)(F)F. The molecule has 0 aromatic heterocycles. The van der Waals surface area contributed by atoms with Gasteiger partial charge < -0.3 is 10.0 Å². The highest BCUT2D eigenvalue weighted by Crippen LogP contribution is 2.35. The van der Waals surface area contributed by atoms with Crippen LogP contribution in [0.1, 0.15) is 5.56 Å². The van der Waals surface area contributed by atoms with Gasteiger partial charge in [-0.3, -0.25) is 0 Å². The molecule has 1 aromatic rings. The van der Waals surface area contributed by atoms with Gasteiger partial charge in [0, 0.05) is 4.90 Å². The van der Waals surface area contributed by atoms with Crippen LogP contribution in [0.4, 0.5) is 13.2 Å². The maximum Gasteiger partial charge on any atom is 0.488 e. The third kappa shape index (κ3) is 2.90. The van der Waals surface area contributed by atoms with Crippen molar-refractivity contribution in [2.24, 2.45) is 0 Å². The van der Waals surface area contributed by atoms with Crippen LogP contribution in [0, 0.1) is 0 Å². The van der Waals surface area contributed by atoms with Crippen molar-refractivity contribution in [1.29, 1.82) is 0 Å². The Kier molecular flexibility index (Phi) is 3.69. The highest BCUT2D eigenvalue weighted by Gasteiger charge is 2.34. The number of benzene rings is 1. The van der Waals surface area contributed by atoms with Gasteiger partial charge in [0.1, 0.15) is 0 Å². The lowest BCUT2D eigenvalue weighted by molar-refractivity contribution is -0.139. The fourth-order valence-corrected chi connectivity index (χ4v) is 1.71. The van der Waals surface area contributed by atoms with Gasteiger partial charge in [-0.2, -0.15) is 13.2 Å². The predicted molar refractivity (Wildman–Crippen MR) is 53.1 cm³/mol. The molecule has 0 unspecified atom stereocenters. The summed E-state index contributed by atoms with van der Waals surface area (Å²) in [5.74, 6) is 0. The zero-order valence-electron chi connectivity index (χ0n) is 7.75. The minimum Gasteiger partial charge on any atom is -0.423 e. The molecule has 0 saturated heterocycles. The summed E-state index contributed by atoms with van der Waals surface area (Å²) in [6.45, 7) is 0. The third-order valence-electron chi connectivity index (χ3n) is 1.83. The van der Waals surface area contributed by atoms with Gasteiger partial charge >= 0.3 is 13.3 Å². The highest BCUT2D eigenvalue weighted by molar-refractivity contribution is 7.98. The molecular formula is C8H8BF3O2S. The lowest BCUT2D eigenvalue weighted by Gasteiger charge is -2.12. The van der Waals surface area contributed by atoms with Gasteiger partial charge in [-0.1, -0.05) is 6.07 Å². The third-order valence-corrected chi connectivity index (χ3v) is 2.62. The summed E-state index contributed by atoms with van der Waals surface area (Å²) in [5, 5.41) is 17.5. The average molecular weight is 236 g/mol. The van der Waals surface area contributed by atoms with Gasteiger partial charge in [0.2, 0.25) is 0 Å². The Hall–Kier alpha value is -0.655. The number of hydrogen-bond donors (Lipinski definition) is 2. The summed E-state index contributed by atoms with van der Waals surface area (Å²) in [5.41, 5.74) is -1.01. The number of rotatable bonds is 2. The fraction of sp³-hybridized carbons (Fsp3) is 0.250. The average Bonchev–Trinajstić information content (AvgIpc) is 2.15. The normalized spacial score (nSPS) is 11.6. The first-order valence-electron chi connectivity index (χ1n) is 3.97. The van der Waals surface area contributed by atoms with Crippen molar-refractivity contribution in [3.63, 3.8) is 0 Å². The van der Waals surface area contributed by atoms with Gasteiger partial charge in [0.25, 0.3) is 0 Å². The van der Waals surface area contributed by atoms with Crippen molar-refractivity contribution in [2.75, 3.05) is 6.26 Å². The molecular weight excluding hydrogens is 228 g/mol. The number of hydrogen-bond acceptors (Lipinski definition) is 3. The Balaban J connectivity index is 3.26. The molecule has 0 aliphatic carbocycles. The first-order valence-corrected chi connectivity index (χ1v) is 5.20. The molecule has 0 amide bonds. The van der Waals surface area contributed by atoms with Crippen molar-refractivity contribution in [3.8, 4) is 0 Å². The van der Waals surface area contributed by atoms with Gasteiger partial charge in [-0.05, 0) is 23.9 Å². The van der Waals surface area contributed by atoms with Crippen LogP contribution in [-0.2, 0) is 6.18 Å². The molecule has 0 saturated carbocycles. The summed E-state index contributed by atoms with van der Waals surface area (Å²) in [4.78, 5) is 0.0619. The van der Waals surface area contributed by atoms with E-state index in [0.29, 0.717) is 0 Å². The Labute approximate surface area is 89.3 Å². The Bertz CT molecular complexity index is 354. The van der Waals surface area contributed by atoms with E-state index >= 15 is 0 Å². The van der Waals surface area contributed by atoms with Crippen LogP contribution < -0.4 is 5.46 Å². The fourth-order valence-electron chi connectivity index (χ4n) is 1.11. The van der Waals surface area contributed by atoms with Crippen LogP contribution >= 0.6 is 11.8 Å². The minimum atomic E-state index is -4.48. The zero-order chi connectivity index (χ0) is 11.6. The topological polar surface area (TPSA) is 40.5 Å². The lowest BCUT2D eigenvalue weighted by Crippen LogP contribution is -2.31.